The van der Waals surface area contributed by atoms with Crippen molar-refractivity contribution in [2.75, 3.05) is 13.1 Å². The minimum atomic E-state index is 0.685. The molecule has 0 radical (unpaired) electrons. The van der Waals surface area contributed by atoms with Crippen LogP contribution in [0.1, 0.15) is 11.1 Å². The normalized spacial score (nSPS) is 9.92. The maximum absolute atomic E-state index is 5.36. The predicted molar refractivity (Wildman–Crippen MR) is 57.3 cm³/mol. The van der Waals surface area contributed by atoms with E-state index in [1.807, 2.05) is 6.08 Å². The second kappa shape index (κ2) is 5.51. The SMILES string of the molecule is C=Cc1ccc(CNCCN)cc1. The molecule has 0 aliphatic rings. The number of nitrogens with one attached hydrogen (secondary N) is 1. The van der Waals surface area contributed by atoms with E-state index in [9.17, 15) is 0 Å². The Morgan fingerprint density at radius 3 is 2.54 bits per heavy atom. The van der Waals surface area contributed by atoms with Crippen LogP contribution in [0.3, 0.4) is 0 Å². The molecule has 0 aliphatic carbocycles. The first-order chi connectivity index (χ1) is 6.36. The van der Waals surface area contributed by atoms with Crippen LogP contribution in [0.5, 0.6) is 0 Å². The summed E-state index contributed by atoms with van der Waals surface area (Å²) in [5.74, 6) is 0. The van der Waals surface area contributed by atoms with Crippen LogP contribution in [0, 0.1) is 0 Å². The van der Waals surface area contributed by atoms with Crippen LogP contribution in [0.25, 0.3) is 6.08 Å². The van der Waals surface area contributed by atoms with Gasteiger partial charge < -0.3 is 11.1 Å². The third-order valence-corrected chi connectivity index (χ3v) is 1.87. The van der Waals surface area contributed by atoms with Crippen LogP contribution >= 0.6 is 0 Å². The van der Waals surface area contributed by atoms with E-state index < -0.39 is 0 Å². The first kappa shape index (κ1) is 9.96. The van der Waals surface area contributed by atoms with Gasteiger partial charge in [-0.3, -0.25) is 0 Å². The van der Waals surface area contributed by atoms with Crippen molar-refractivity contribution in [3.8, 4) is 0 Å². The Hall–Kier alpha value is -1.12. The van der Waals surface area contributed by atoms with E-state index in [2.05, 4.69) is 36.2 Å². The topological polar surface area (TPSA) is 38.0 Å². The summed E-state index contributed by atoms with van der Waals surface area (Å²) in [6, 6.07) is 8.32. The van der Waals surface area contributed by atoms with Gasteiger partial charge in [0, 0.05) is 19.6 Å². The average Bonchev–Trinajstić information content (AvgIpc) is 2.19. The maximum Gasteiger partial charge on any atom is 0.0206 e. The lowest BCUT2D eigenvalue weighted by atomic mass is 10.1. The van der Waals surface area contributed by atoms with Gasteiger partial charge >= 0.3 is 0 Å². The molecule has 1 aromatic carbocycles. The molecule has 0 amide bonds. The fourth-order valence-electron chi connectivity index (χ4n) is 1.11. The maximum atomic E-state index is 5.36. The van der Waals surface area contributed by atoms with Crippen LogP contribution in [-0.2, 0) is 6.54 Å². The largest absolute Gasteiger partial charge is 0.329 e. The average molecular weight is 176 g/mol. The molecule has 70 valence electrons. The zero-order chi connectivity index (χ0) is 9.52. The van der Waals surface area contributed by atoms with E-state index in [-0.39, 0.29) is 0 Å². The molecule has 3 N–H and O–H groups in total. The zero-order valence-electron chi connectivity index (χ0n) is 7.79. The zero-order valence-corrected chi connectivity index (χ0v) is 7.79. The molecule has 0 unspecified atom stereocenters. The van der Waals surface area contributed by atoms with Gasteiger partial charge in [0.05, 0.1) is 0 Å². The van der Waals surface area contributed by atoms with Crippen LogP contribution in [-0.4, -0.2) is 13.1 Å². The summed E-state index contributed by atoms with van der Waals surface area (Å²) in [7, 11) is 0. The van der Waals surface area contributed by atoms with Gasteiger partial charge in [-0.1, -0.05) is 36.9 Å². The lowest BCUT2D eigenvalue weighted by molar-refractivity contribution is 0.695. The highest BCUT2D eigenvalue weighted by Crippen LogP contribution is 2.04. The summed E-state index contributed by atoms with van der Waals surface area (Å²) in [6.45, 7) is 6.14. The molecular formula is C11H16N2. The van der Waals surface area contributed by atoms with Gasteiger partial charge in [-0.05, 0) is 11.1 Å². The summed E-state index contributed by atoms with van der Waals surface area (Å²) < 4.78 is 0. The lowest BCUT2D eigenvalue weighted by Crippen LogP contribution is -2.21. The first-order valence-corrected chi connectivity index (χ1v) is 4.49. The minimum absolute atomic E-state index is 0.685. The summed E-state index contributed by atoms with van der Waals surface area (Å²) in [5.41, 5.74) is 7.79. The molecule has 1 rings (SSSR count). The highest BCUT2D eigenvalue weighted by Gasteiger charge is 1.91. The van der Waals surface area contributed by atoms with Crippen LogP contribution in [0.2, 0.25) is 0 Å². The molecule has 13 heavy (non-hydrogen) atoms. The van der Waals surface area contributed by atoms with E-state index in [1.54, 1.807) is 0 Å². The van der Waals surface area contributed by atoms with E-state index in [1.165, 1.54) is 5.56 Å². The molecule has 0 spiro atoms. The minimum Gasteiger partial charge on any atom is -0.329 e. The number of nitrogens with two attached hydrogens (primary N) is 1. The first-order valence-electron chi connectivity index (χ1n) is 4.49. The van der Waals surface area contributed by atoms with Gasteiger partial charge in [-0.2, -0.15) is 0 Å². The highest BCUT2D eigenvalue weighted by molar-refractivity contribution is 5.47. The van der Waals surface area contributed by atoms with Crippen molar-refractivity contribution >= 4 is 6.08 Å². The lowest BCUT2D eigenvalue weighted by Gasteiger charge is -2.03. The Kier molecular flexibility index (Phi) is 4.23. The monoisotopic (exact) mass is 176 g/mol. The molecule has 0 aliphatic heterocycles. The molecular weight excluding hydrogens is 160 g/mol. The van der Waals surface area contributed by atoms with Crippen LogP contribution < -0.4 is 11.1 Å². The van der Waals surface area contributed by atoms with E-state index in [4.69, 9.17) is 5.73 Å². The molecule has 2 heteroatoms. The van der Waals surface area contributed by atoms with Crippen molar-refractivity contribution in [2.45, 2.75) is 6.54 Å². The molecule has 0 heterocycles. The molecule has 0 atom stereocenters. The molecule has 0 fully saturated rings. The quantitative estimate of drug-likeness (QED) is 0.665. The molecule has 0 aromatic heterocycles. The molecule has 1 aromatic rings. The Labute approximate surface area is 79.5 Å². The third-order valence-electron chi connectivity index (χ3n) is 1.87. The Morgan fingerprint density at radius 1 is 1.31 bits per heavy atom. The van der Waals surface area contributed by atoms with Crippen molar-refractivity contribution < 1.29 is 0 Å². The fraction of sp³-hybridized carbons (Fsp3) is 0.273. The van der Waals surface area contributed by atoms with E-state index in [0.717, 1.165) is 18.7 Å². The number of rotatable bonds is 5. The van der Waals surface area contributed by atoms with Gasteiger partial charge in [-0.15, -0.1) is 0 Å². The summed E-state index contributed by atoms with van der Waals surface area (Å²) in [5, 5.41) is 3.24. The smallest absolute Gasteiger partial charge is 0.0206 e. The highest BCUT2D eigenvalue weighted by atomic mass is 14.9. The van der Waals surface area contributed by atoms with E-state index >= 15 is 0 Å². The van der Waals surface area contributed by atoms with Crippen LogP contribution in [0.15, 0.2) is 30.8 Å². The van der Waals surface area contributed by atoms with Crippen molar-refractivity contribution in [3.05, 3.63) is 42.0 Å². The predicted octanol–water partition coefficient (Wildman–Crippen LogP) is 1.38. The van der Waals surface area contributed by atoms with Gasteiger partial charge in [0.25, 0.3) is 0 Å². The van der Waals surface area contributed by atoms with Crippen molar-refractivity contribution in [3.63, 3.8) is 0 Å². The molecule has 0 saturated carbocycles. The standard InChI is InChI=1S/C11H16N2/c1-2-10-3-5-11(6-4-10)9-13-8-7-12/h2-6,13H,1,7-9,12H2. The molecule has 0 bridgehead atoms. The fourth-order valence-corrected chi connectivity index (χ4v) is 1.11. The second-order valence-electron chi connectivity index (χ2n) is 2.91. The number of hydrogen-bond acceptors (Lipinski definition) is 2. The van der Waals surface area contributed by atoms with E-state index in [0.29, 0.717) is 6.54 Å². The summed E-state index contributed by atoms with van der Waals surface area (Å²) in [6.07, 6.45) is 1.84. The van der Waals surface area contributed by atoms with Crippen molar-refractivity contribution in [2.24, 2.45) is 5.73 Å². The second-order valence-corrected chi connectivity index (χ2v) is 2.91. The molecule has 2 nitrogen and oxygen atoms in total. The van der Waals surface area contributed by atoms with Gasteiger partial charge in [0.2, 0.25) is 0 Å². The summed E-state index contributed by atoms with van der Waals surface area (Å²) >= 11 is 0. The van der Waals surface area contributed by atoms with Gasteiger partial charge in [0.15, 0.2) is 0 Å². The Morgan fingerprint density at radius 2 is 2.00 bits per heavy atom. The Bertz CT molecular complexity index is 251. The van der Waals surface area contributed by atoms with Crippen molar-refractivity contribution in [1.29, 1.82) is 0 Å². The number of hydrogen-bond donors (Lipinski definition) is 2. The molecule has 0 saturated heterocycles. The van der Waals surface area contributed by atoms with Crippen molar-refractivity contribution in [1.82, 2.24) is 5.32 Å². The van der Waals surface area contributed by atoms with Crippen LogP contribution in [0.4, 0.5) is 0 Å². The number of benzene rings is 1. The van der Waals surface area contributed by atoms with Gasteiger partial charge in [0.1, 0.15) is 0 Å². The Balaban J connectivity index is 2.44. The summed E-state index contributed by atoms with van der Waals surface area (Å²) in [4.78, 5) is 0. The van der Waals surface area contributed by atoms with Gasteiger partial charge in [-0.25, -0.2) is 0 Å². The third kappa shape index (κ3) is 3.40.